The van der Waals surface area contributed by atoms with Crippen LogP contribution in [-0.2, 0) is 11.3 Å². The number of aromatic nitrogens is 4. The second kappa shape index (κ2) is 11.7. The lowest BCUT2D eigenvalue weighted by molar-refractivity contribution is -0.117. The fourth-order valence-electron chi connectivity index (χ4n) is 5.16. The number of imidazole rings is 1. The lowest BCUT2D eigenvalue weighted by atomic mass is 9.92. The molecule has 4 aromatic rings. The Balaban J connectivity index is 1.38. The molecule has 5 rings (SSSR count). The van der Waals surface area contributed by atoms with E-state index in [1.54, 1.807) is 34.9 Å². The molecule has 0 radical (unpaired) electrons. The summed E-state index contributed by atoms with van der Waals surface area (Å²) in [5, 5.41) is 12.6. The molecule has 1 aliphatic rings. The van der Waals surface area contributed by atoms with Crippen LogP contribution in [0.4, 0.5) is 5.82 Å². The molecule has 222 valence electrons. The minimum atomic E-state index is -0.584. The average molecular weight is 581 g/mol. The van der Waals surface area contributed by atoms with E-state index in [0.29, 0.717) is 28.4 Å². The molecule has 11 nitrogen and oxygen atoms in total. The zero-order valence-corrected chi connectivity index (χ0v) is 24.9. The first-order valence-electron chi connectivity index (χ1n) is 14.2. The Kier molecular flexibility index (Phi) is 8.06. The molecule has 0 bridgehead atoms. The Morgan fingerprint density at radius 2 is 1.74 bits per heavy atom. The number of fused-ring (bicyclic) bond motifs is 1. The molecular weight excluding hydrogens is 544 g/mol. The number of nitrogens with two attached hydrogens (primary N) is 1. The van der Waals surface area contributed by atoms with Crippen molar-refractivity contribution in [1.29, 1.82) is 5.26 Å². The smallest absolute Gasteiger partial charge is 0.335 e. The molecule has 3 N–H and O–H groups in total. The molecule has 1 amide bonds. The van der Waals surface area contributed by atoms with Crippen LogP contribution in [0.3, 0.4) is 0 Å². The largest absolute Gasteiger partial charge is 0.457 e. The molecule has 0 unspecified atom stereocenters. The predicted molar refractivity (Wildman–Crippen MR) is 165 cm³/mol. The summed E-state index contributed by atoms with van der Waals surface area (Å²) in [6, 6.07) is 18.6. The van der Waals surface area contributed by atoms with Crippen LogP contribution in [0, 0.1) is 16.7 Å². The van der Waals surface area contributed by atoms with Gasteiger partial charge in [-0.3, -0.25) is 18.8 Å². The summed E-state index contributed by atoms with van der Waals surface area (Å²) in [4.78, 5) is 37.6. The zero-order chi connectivity index (χ0) is 30.8. The van der Waals surface area contributed by atoms with Crippen LogP contribution in [0.15, 0.2) is 77.4 Å². The molecule has 0 saturated carbocycles. The van der Waals surface area contributed by atoms with E-state index in [1.807, 2.05) is 64.1 Å². The summed E-state index contributed by atoms with van der Waals surface area (Å²) in [6.45, 7) is 10.2. The van der Waals surface area contributed by atoms with Crippen molar-refractivity contribution in [3.63, 3.8) is 0 Å². The molecule has 11 heteroatoms. The van der Waals surface area contributed by atoms with Gasteiger partial charge in [-0.25, -0.2) is 14.8 Å². The third-order valence-electron chi connectivity index (χ3n) is 7.65. The summed E-state index contributed by atoms with van der Waals surface area (Å²) in [7, 11) is 0. The lowest BCUT2D eigenvalue weighted by Gasteiger charge is -2.43. The van der Waals surface area contributed by atoms with E-state index in [4.69, 9.17) is 10.5 Å². The first-order chi connectivity index (χ1) is 20.5. The Labute approximate surface area is 250 Å². The number of nitrogens with zero attached hydrogens (tertiary/aromatic N) is 6. The molecule has 1 aliphatic heterocycles. The van der Waals surface area contributed by atoms with Gasteiger partial charge in [-0.15, -0.1) is 0 Å². The Morgan fingerprint density at radius 1 is 1.07 bits per heavy atom. The van der Waals surface area contributed by atoms with E-state index in [9.17, 15) is 14.9 Å². The standard InChI is InChI=1S/C32H36N8O3/c1-31(2,19-35-29(41)22(18-33)17-32(3,4)38-15-8-16-38)20-39-28-26(27(34)36-21-37-28)40(30(39)42)23-11-13-25(14-12-23)43-24-9-6-5-7-10-24/h5-7,9-14,17,21H,8,15-16,19-20H2,1-4H3,(H,35,41)(H2,34,36,37). The van der Waals surface area contributed by atoms with Crippen molar-refractivity contribution in [3.05, 3.63) is 83.1 Å². The second-order valence-electron chi connectivity index (χ2n) is 12.1. The molecular formula is C32H36N8O3. The summed E-state index contributed by atoms with van der Waals surface area (Å²) in [6.07, 6.45) is 4.16. The van der Waals surface area contributed by atoms with Gasteiger partial charge in [0.05, 0.1) is 5.69 Å². The van der Waals surface area contributed by atoms with Gasteiger partial charge < -0.3 is 15.8 Å². The summed E-state index contributed by atoms with van der Waals surface area (Å²) in [5.41, 5.74) is 6.37. The highest BCUT2D eigenvalue weighted by Crippen LogP contribution is 2.27. The first-order valence-corrected chi connectivity index (χ1v) is 14.2. The minimum Gasteiger partial charge on any atom is -0.457 e. The quantitative estimate of drug-likeness (QED) is 0.211. The number of nitrogen functional groups attached to an aromatic ring is 1. The monoisotopic (exact) mass is 580 g/mol. The number of benzene rings is 2. The topological polar surface area (TPSA) is 144 Å². The van der Waals surface area contributed by atoms with Crippen LogP contribution >= 0.6 is 0 Å². The van der Waals surface area contributed by atoms with Gasteiger partial charge in [0.2, 0.25) is 0 Å². The fourth-order valence-corrected chi connectivity index (χ4v) is 5.16. The van der Waals surface area contributed by atoms with Crippen LogP contribution in [0.25, 0.3) is 16.9 Å². The van der Waals surface area contributed by atoms with Crippen LogP contribution in [-0.4, -0.2) is 55.1 Å². The Hall–Kier alpha value is -4.95. The van der Waals surface area contributed by atoms with Crippen molar-refractivity contribution < 1.29 is 9.53 Å². The van der Waals surface area contributed by atoms with Gasteiger partial charge >= 0.3 is 5.69 Å². The number of nitrogens with one attached hydrogen (secondary N) is 1. The van der Waals surface area contributed by atoms with Gasteiger partial charge in [0, 0.05) is 37.1 Å². The van der Waals surface area contributed by atoms with Crippen molar-refractivity contribution in [2.75, 3.05) is 25.4 Å². The number of carbonyl (C=O) groups excluding carboxylic acids is 1. The first kappa shape index (κ1) is 29.5. The molecule has 0 atom stereocenters. The number of para-hydroxylation sites is 1. The molecule has 1 saturated heterocycles. The number of amides is 1. The number of hydrogen-bond acceptors (Lipinski definition) is 8. The maximum atomic E-state index is 13.9. The van der Waals surface area contributed by atoms with E-state index in [0.717, 1.165) is 19.5 Å². The van der Waals surface area contributed by atoms with Gasteiger partial charge in [-0.2, -0.15) is 5.26 Å². The average Bonchev–Trinajstić information content (AvgIpc) is 3.22. The van der Waals surface area contributed by atoms with E-state index in [2.05, 4.69) is 20.2 Å². The highest BCUT2D eigenvalue weighted by atomic mass is 16.5. The van der Waals surface area contributed by atoms with Gasteiger partial charge in [-0.1, -0.05) is 32.0 Å². The van der Waals surface area contributed by atoms with Crippen molar-refractivity contribution >= 4 is 22.9 Å². The number of carbonyl (C=O) groups is 1. The molecule has 0 spiro atoms. The normalized spacial score (nSPS) is 14.3. The highest BCUT2D eigenvalue weighted by molar-refractivity contribution is 5.97. The molecule has 2 aromatic carbocycles. The SMILES string of the molecule is CC(C)(CNC(=O)C(C#N)=CC(C)(C)N1CCC1)Cn1c(=O)n(-c2ccc(Oc3ccccc3)cc2)c2c(N)ncnc21. The summed E-state index contributed by atoms with van der Waals surface area (Å²) < 4.78 is 8.93. The van der Waals surface area contributed by atoms with Crippen LogP contribution in [0.5, 0.6) is 11.5 Å². The van der Waals surface area contributed by atoms with Crippen molar-refractivity contribution in [1.82, 2.24) is 29.3 Å². The molecule has 1 fully saturated rings. The van der Waals surface area contributed by atoms with Crippen molar-refractivity contribution in [3.8, 4) is 23.3 Å². The minimum absolute atomic E-state index is 0.0710. The van der Waals surface area contributed by atoms with Crippen LogP contribution in [0.1, 0.15) is 34.1 Å². The highest BCUT2D eigenvalue weighted by Gasteiger charge is 2.31. The van der Waals surface area contributed by atoms with E-state index in [-0.39, 0.29) is 30.2 Å². The maximum Gasteiger partial charge on any atom is 0.335 e. The zero-order valence-electron chi connectivity index (χ0n) is 24.9. The van der Waals surface area contributed by atoms with E-state index < -0.39 is 16.9 Å². The van der Waals surface area contributed by atoms with Crippen LogP contribution in [0.2, 0.25) is 0 Å². The number of anilines is 1. The predicted octanol–water partition coefficient (Wildman–Crippen LogP) is 4.03. The molecule has 2 aromatic heterocycles. The number of rotatable bonds is 10. The van der Waals surface area contributed by atoms with Gasteiger partial charge in [0.15, 0.2) is 11.5 Å². The van der Waals surface area contributed by atoms with Gasteiger partial charge in [0.1, 0.15) is 35.0 Å². The summed E-state index contributed by atoms with van der Waals surface area (Å²) >= 11 is 0. The van der Waals surface area contributed by atoms with Crippen molar-refractivity contribution in [2.24, 2.45) is 5.41 Å². The number of likely N-dealkylation sites (tertiary alicyclic amines) is 1. The summed E-state index contributed by atoms with van der Waals surface area (Å²) in [5.74, 6) is 1.05. The lowest BCUT2D eigenvalue weighted by Crippen LogP contribution is -2.51. The third-order valence-corrected chi connectivity index (χ3v) is 7.65. The third kappa shape index (κ3) is 6.29. The Morgan fingerprint density at radius 3 is 2.37 bits per heavy atom. The number of hydrogen-bond donors (Lipinski definition) is 2. The maximum absolute atomic E-state index is 13.9. The molecule has 3 heterocycles. The van der Waals surface area contributed by atoms with E-state index >= 15 is 0 Å². The van der Waals surface area contributed by atoms with E-state index in [1.165, 1.54) is 10.9 Å². The van der Waals surface area contributed by atoms with Gasteiger partial charge in [-0.05, 0) is 62.7 Å². The number of nitriles is 1. The molecule has 0 aliphatic carbocycles. The van der Waals surface area contributed by atoms with Crippen molar-refractivity contribution in [2.45, 2.75) is 46.2 Å². The second-order valence-corrected chi connectivity index (χ2v) is 12.1. The molecule has 43 heavy (non-hydrogen) atoms. The number of ether oxygens (including phenoxy) is 1. The van der Waals surface area contributed by atoms with Gasteiger partial charge in [0.25, 0.3) is 5.91 Å². The van der Waals surface area contributed by atoms with Crippen LogP contribution < -0.4 is 21.5 Å². The fraction of sp³-hybridized carbons (Fsp3) is 0.344. The Bertz CT molecular complexity index is 1760.